The Morgan fingerprint density at radius 1 is 1.03 bits per heavy atom. The Morgan fingerprint density at radius 2 is 1.77 bits per heavy atom. The topological polar surface area (TPSA) is 75.7 Å². The number of hydrogen-bond acceptors (Lipinski definition) is 4. The third-order valence-electron chi connectivity index (χ3n) is 5.56. The predicted octanol–water partition coefficient (Wildman–Crippen LogP) is 5.71. The summed E-state index contributed by atoms with van der Waals surface area (Å²) in [6.07, 6.45) is 1.64. The van der Waals surface area contributed by atoms with Gasteiger partial charge in [0.25, 0.3) is 11.8 Å². The first-order valence-electron chi connectivity index (χ1n) is 10.5. The summed E-state index contributed by atoms with van der Waals surface area (Å²) in [5, 5.41) is 2.86. The van der Waals surface area contributed by atoms with Crippen LogP contribution in [-0.2, 0) is 16.0 Å². The van der Waals surface area contributed by atoms with E-state index in [2.05, 4.69) is 5.32 Å². The molecule has 3 aromatic rings. The van der Waals surface area contributed by atoms with E-state index in [1.807, 2.05) is 0 Å². The Hall–Kier alpha value is -3.68. The van der Waals surface area contributed by atoms with Crippen molar-refractivity contribution in [2.45, 2.75) is 13.3 Å². The number of carbonyl (C=O) groups excluding carboxylic acids is 3. The first-order valence-corrected chi connectivity index (χ1v) is 11.2. The highest BCUT2D eigenvalue weighted by molar-refractivity contribution is 6.40. The highest BCUT2D eigenvalue weighted by Gasteiger charge is 2.37. The van der Waals surface area contributed by atoms with Gasteiger partial charge in [0.05, 0.1) is 12.8 Å². The molecule has 0 aromatic heterocycles. The van der Waals surface area contributed by atoms with E-state index in [-0.39, 0.29) is 17.1 Å². The van der Waals surface area contributed by atoms with E-state index in [0.717, 1.165) is 4.90 Å². The van der Waals surface area contributed by atoms with Crippen LogP contribution in [0.15, 0.2) is 60.2 Å². The lowest BCUT2D eigenvalue weighted by Gasteiger charge is -2.27. The van der Waals surface area contributed by atoms with Crippen molar-refractivity contribution < 1.29 is 23.5 Å². The van der Waals surface area contributed by atoms with Crippen LogP contribution in [0.2, 0.25) is 10.0 Å². The number of imide groups is 2. The van der Waals surface area contributed by atoms with E-state index in [9.17, 15) is 18.8 Å². The SMILES string of the molecule is COc1cc(/C=C2\C(=O)NC(=O)N(c3cccc(Cl)c3C)C2=O)cc(Cl)c1Cc1cccc(F)c1. The van der Waals surface area contributed by atoms with Gasteiger partial charge in [-0.2, -0.15) is 0 Å². The molecular formula is C26H19Cl2FN2O4. The minimum Gasteiger partial charge on any atom is -0.496 e. The summed E-state index contributed by atoms with van der Waals surface area (Å²) in [5.74, 6) is -1.61. The summed E-state index contributed by atoms with van der Waals surface area (Å²) in [4.78, 5) is 39.2. The fraction of sp³-hybridized carbons (Fsp3) is 0.115. The van der Waals surface area contributed by atoms with Crippen LogP contribution < -0.4 is 15.0 Å². The molecule has 3 aromatic carbocycles. The van der Waals surface area contributed by atoms with Crippen molar-refractivity contribution in [1.29, 1.82) is 0 Å². The number of methoxy groups -OCH3 is 1. The number of rotatable bonds is 5. The fourth-order valence-electron chi connectivity index (χ4n) is 3.80. The van der Waals surface area contributed by atoms with E-state index < -0.39 is 17.8 Å². The Labute approximate surface area is 210 Å². The maximum absolute atomic E-state index is 13.6. The van der Waals surface area contributed by atoms with Crippen LogP contribution in [-0.4, -0.2) is 25.0 Å². The number of urea groups is 1. The van der Waals surface area contributed by atoms with Gasteiger partial charge in [-0.3, -0.25) is 14.9 Å². The van der Waals surface area contributed by atoms with E-state index in [4.69, 9.17) is 27.9 Å². The molecule has 1 heterocycles. The summed E-state index contributed by atoms with van der Waals surface area (Å²) < 4.78 is 19.1. The molecule has 1 saturated heterocycles. The highest BCUT2D eigenvalue weighted by Crippen LogP contribution is 2.33. The molecule has 0 spiro atoms. The minimum absolute atomic E-state index is 0.263. The van der Waals surface area contributed by atoms with Crippen molar-refractivity contribution in [3.05, 3.63) is 98.3 Å². The van der Waals surface area contributed by atoms with Crippen LogP contribution in [0.4, 0.5) is 14.9 Å². The second-order valence-corrected chi connectivity index (χ2v) is 8.65. The zero-order valence-corrected chi connectivity index (χ0v) is 20.2. The number of nitrogens with zero attached hydrogens (tertiary/aromatic N) is 1. The summed E-state index contributed by atoms with van der Waals surface area (Å²) >= 11 is 12.7. The Morgan fingerprint density at radius 3 is 2.49 bits per heavy atom. The van der Waals surface area contributed by atoms with Crippen LogP contribution in [0.3, 0.4) is 0 Å². The van der Waals surface area contributed by atoms with E-state index >= 15 is 0 Å². The predicted molar refractivity (Wildman–Crippen MR) is 132 cm³/mol. The van der Waals surface area contributed by atoms with Gasteiger partial charge in [0.1, 0.15) is 17.1 Å². The Kier molecular flexibility index (Phi) is 6.91. The molecule has 9 heteroatoms. The largest absolute Gasteiger partial charge is 0.496 e. The van der Waals surface area contributed by atoms with Gasteiger partial charge >= 0.3 is 6.03 Å². The van der Waals surface area contributed by atoms with Crippen LogP contribution in [0.1, 0.15) is 22.3 Å². The first-order chi connectivity index (χ1) is 16.7. The quantitative estimate of drug-likeness (QED) is 0.351. The average molecular weight is 513 g/mol. The van der Waals surface area contributed by atoms with E-state index in [1.165, 1.54) is 25.3 Å². The average Bonchev–Trinajstić information content (AvgIpc) is 2.81. The lowest BCUT2D eigenvalue weighted by molar-refractivity contribution is -0.122. The van der Waals surface area contributed by atoms with Crippen molar-refractivity contribution in [3.8, 4) is 5.75 Å². The summed E-state index contributed by atoms with van der Waals surface area (Å²) in [6.45, 7) is 1.67. The molecule has 0 radical (unpaired) electrons. The Bertz CT molecular complexity index is 1400. The van der Waals surface area contributed by atoms with Crippen LogP contribution in [0.25, 0.3) is 6.08 Å². The second kappa shape index (κ2) is 9.90. The number of carbonyl (C=O) groups is 3. The molecule has 0 atom stereocenters. The molecule has 1 N–H and O–H groups in total. The molecule has 35 heavy (non-hydrogen) atoms. The van der Waals surface area contributed by atoms with Gasteiger partial charge < -0.3 is 4.74 Å². The molecule has 1 aliphatic rings. The Balaban J connectivity index is 1.72. The van der Waals surface area contributed by atoms with Crippen molar-refractivity contribution in [3.63, 3.8) is 0 Å². The van der Waals surface area contributed by atoms with Gasteiger partial charge in [0.2, 0.25) is 0 Å². The standard InChI is InChI=1S/C26H19Cl2FN2O4/c1-14-20(27)7-4-8-22(14)31-25(33)19(24(32)30-26(31)34)11-16-12-21(28)18(23(13-16)35-2)10-15-5-3-6-17(29)9-15/h3-9,11-13H,10H2,1-2H3,(H,30,32,34)/b19-11+. The van der Waals surface area contributed by atoms with Gasteiger partial charge in [0, 0.05) is 22.0 Å². The van der Waals surface area contributed by atoms with Crippen molar-refractivity contribution in [2.75, 3.05) is 12.0 Å². The summed E-state index contributed by atoms with van der Waals surface area (Å²) in [6, 6.07) is 13.2. The van der Waals surface area contributed by atoms with Gasteiger partial charge in [0.15, 0.2) is 0 Å². The lowest BCUT2D eigenvalue weighted by atomic mass is 10.00. The van der Waals surface area contributed by atoms with E-state index in [0.29, 0.717) is 44.5 Å². The van der Waals surface area contributed by atoms with Gasteiger partial charge in [-0.05, 0) is 66.1 Å². The number of barbiturate groups is 1. The number of nitrogens with one attached hydrogen (secondary N) is 1. The number of hydrogen-bond donors (Lipinski definition) is 1. The van der Waals surface area contributed by atoms with Crippen LogP contribution in [0.5, 0.6) is 5.75 Å². The van der Waals surface area contributed by atoms with Gasteiger partial charge in [-0.25, -0.2) is 14.1 Å². The molecule has 0 saturated carbocycles. The van der Waals surface area contributed by atoms with Crippen LogP contribution in [0, 0.1) is 12.7 Å². The molecule has 0 aliphatic carbocycles. The molecule has 4 rings (SSSR count). The van der Waals surface area contributed by atoms with Crippen molar-refractivity contribution in [1.82, 2.24) is 5.32 Å². The second-order valence-electron chi connectivity index (χ2n) is 7.83. The molecule has 178 valence electrons. The molecule has 0 unspecified atom stereocenters. The number of amides is 4. The first kappa shape index (κ1) is 24.4. The smallest absolute Gasteiger partial charge is 0.335 e. The molecular weight excluding hydrogens is 494 g/mol. The third kappa shape index (κ3) is 4.92. The summed E-state index contributed by atoms with van der Waals surface area (Å²) in [5.41, 5.74) is 2.24. The molecule has 4 amide bonds. The monoisotopic (exact) mass is 512 g/mol. The van der Waals surface area contributed by atoms with Gasteiger partial charge in [-0.1, -0.05) is 41.4 Å². The molecule has 1 fully saturated rings. The number of ether oxygens (including phenoxy) is 1. The fourth-order valence-corrected chi connectivity index (χ4v) is 4.26. The van der Waals surface area contributed by atoms with Crippen molar-refractivity contribution in [2.24, 2.45) is 0 Å². The maximum Gasteiger partial charge on any atom is 0.335 e. The van der Waals surface area contributed by atoms with Crippen LogP contribution >= 0.6 is 23.2 Å². The minimum atomic E-state index is -0.872. The van der Waals surface area contributed by atoms with Crippen molar-refractivity contribution >= 4 is 52.8 Å². The lowest BCUT2D eigenvalue weighted by Crippen LogP contribution is -2.54. The molecule has 1 aliphatic heterocycles. The zero-order valence-electron chi connectivity index (χ0n) is 18.7. The third-order valence-corrected chi connectivity index (χ3v) is 6.31. The number of anilines is 1. The van der Waals surface area contributed by atoms with E-state index in [1.54, 1.807) is 49.4 Å². The normalized spacial score (nSPS) is 14.9. The zero-order chi connectivity index (χ0) is 25.3. The molecule has 0 bridgehead atoms. The number of benzene rings is 3. The highest BCUT2D eigenvalue weighted by atomic mass is 35.5. The van der Waals surface area contributed by atoms with Gasteiger partial charge in [-0.15, -0.1) is 0 Å². The molecule has 6 nitrogen and oxygen atoms in total. The maximum atomic E-state index is 13.6. The summed E-state index contributed by atoms with van der Waals surface area (Å²) in [7, 11) is 1.46. The number of halogens is 3.